The lowest BCUT2D eigenvalue weighted by Crippen LogP contribution is -2.44. The molecule has 4 atom stereocenters. The van der Waals surface area contributed by atoms with E-state index in [-0.39, 0.29) is 35.8 Å². The average molecular weight is 546 g/mol. The van der Waals surface area contributed by atoms with Crippen molar-refractivity contribution in [2.24, 2.45) is 24.8 Å². The molecule has 0 amide bonds. The maximum atomic E-state index is 14.9. The van der Waals surface area contributed by atoms with Gasteiger partial charge in [0.15, 0.2) is 12.4 Å². The van der Waals surface area contributed by atoms with Crippen molar-refractivity contribution < 1.29 is 18.6 Å². The Morgan fingerprint density at radius 3 is 2.82 bits per heavy atom. The molecule has 2 saturated carbocycles. The van der Waals surface area contributed by atoms with E-state index in [9.17, 15) is 18.7 Å². The summed E-state index contributed by atoms with van der Waals surface area (Å²) >= 11 is 6.44. The third-order valence-corrected chi connectivity index (χ3v) is 8.56. The number of hydrogen-bond donors (Lipinski definition) is 3. The van der Waals surface area contributed by atoms with Gasteiger partial charge >= 0.3 is 5.92 Å². The molecule has 6 rings (SSSR count). The van der Waals surface area contributed by atoms with Gasteiger partial charge in [-0.1, -0.05) is 18.5 Å². The van der Waals surface area contributed by atoms with Gasteiger partial charge in [0.05, 0.1) is 23.4 Å². The van der Waals surface area contributed by atoms with Gasteiger partial charge in [0.2, 0.25) is 5.75 Å². The average Bonchev–Trinajstić information content (AvgIpc) is 3.67. The number of alkyl halides is 2. The molecule has 2 aliphatic carbocycles. The zero-order chi connectivity index (χ0) is 26.8. The third-order valence-electron chi connectivity index (χ3n) is 8.28. The van der Waals surface area contributed by atoms with Gasteiger partial charge < -0.3 is 25.0 Å². The molecule has 1 aromatic carbocycles. The van der Waals surface area contributed by atoms with Crippen LogP contribution in [0.25, 0.3) is 10.9 Å². The maximum Gasteiger partial charge on any atom is 0.301 e. The van der Waals surface area contributed by atoms with Crippen LogP contribution in [0.5, 0.6) is 5.75 Å². The molecule has 8 nitrogen and oxygen atoms in total. The second-order valence-electron chi connectivity index (χ2n) is 10.9. The van der Waals surface area contributed by atoms with E-state index in [1.54, 1.807) is 31.4 Å². The smallest absolute Gasteiger partial charge is 0.301 e. The number of benzene rings is 1. The highest BCUT2D eigenvalue weighted by atomic mass is 35.5. The summed E-state index contributed by atoms with van der Waals surface area (Å²) in [6.07, 6.45) is 4.70. The molecule has 0 bridgehead atoms. The molecule has 38 heavy (non-hydrogen) atoms. The van der Waals surface area contributed by atoms with E-state index in [0.717, 1.165) is 12.8 Å². The van der Waals surface area contributed by atoms with Gasteiger partial charge in [-0.05, 0) is 61.6 Å². The molecule has 3 aliphatic rings. The lowest BCUT2D eigenvalue weighted by molar-refractivity contribution is -0.0579. The highest BCUT2D eigenvalue weighted by Gasteiger charge is 2.51. The van der Waals surface area contributed by atoms with Crippen LogP contribution < -0.4 is 20.9 Å². The molecule has 1 unspecified atom stereocenters. The molecular formula is C27H30ClF2N5O3. The molecule has 3 N–H and O–H groups in total. The van der Waals surface area contributed by atoms with Crippen molar-refractivity contribution in [3.8, 4) is 5.75 Å². The number of aryl methyl sites for hydroxylation is 1. The van der Waals surface area contributed by atoms with Crippen LogP contribution in [0.3, 0.4) is 0 Å². The topological polar surface area (TPSA) is 101 Å². The number of hydrogen-bond acceptors (Lipinski definition) is 7. The summed E-state index contributed by atoms with van der Waals surface area (Å²) < 4.78 is 36.7. The van der Waals surface area contributed by atoms with Gasteiger partial charge in [-0.3, -0.25) is 4.79 Å². The molecule has 0 spiro atoms. The molecule has 0 radical (unpaired) electrons. The van der Waals surface area contributed by atoms with Crippen LogP contribution in [-0.4, -0.2) is 44.8 Å². The van der Waals surface area contributed by atoms with Crippen molar-refractivity contribution >= 4 is 39.7 Å². The van der Waals surface area contributed by atoms with E-state index in [4.69, 9.17) is 21.3 Å². The summed E-state index contributed by atoms with van der Waals surface area (Å²) in [5.74, 6) is -1.54. The number of aromatic nitrogens is 3. The number of nitrogens with zero attached hydrogens (tertiary/aromatic N) is 3. The van der Waals surface area contributed by atoms with Gasteiger partial charge in [-0.2, -0.15) is 0 Å². The molecule has 1 aliphatic heterocycles. The molecule has 2 fully saturated rings. The van der Waals surface area contributed by atoms with Crippen molar-refractivity contribution in [2.75, 3.05) is 23.8 Å². The van der Waals surface area contributed by atoms with Gasteiger partial charge in [-0.25, -0.2) is 18.7 Å². The van der Waals surface area contributed by atoms with Crippen molar-refractivity contribution in [1.29, 1.82) is 0 Å². The van der Waals surface area contributed by atoms with E-state index in [1.807, 2.05) is 0 Å². The zero-order valence-electron chi connectivity index (χ0n) is 21.2. The number of aliphatic hydroxyl groups is 1. The Balaban J connectivity index is 1.37. The fourth-order valence-corrected chi connectivity index (χ4v) is 6.03. The van der Waals surface area contributed by atoms with Crippen LogP contribution in [0, 0.1) is 17.8 Å². The lowest BCUT2D eigenvalue weighted by atomic mass is 10.00. The number of pyridine rings is 1. The summed E-state index contributed by atoms with van der Waals surface area (Å²) in [4.78, 5) is 22.2. The Bertz CT molecular complexity index is 1460. The minimum Gasteiger partial charge on any atom is -0.480 e. The summed E-state index contributed by atoms with van der Waals surface area (Å²) in [6.45, 7) is 1.43. The first-order valence-corrected chi connectivity index (χ1v) is 13.4. The standard InChI is InChI=1S/C27H30ClF2N5O3/c1-13-7-15(8-16(13)11-36)24-31-10-19(28)25(34-24)32-17-5-6-20-18(9-17)21-22(26(37)35(20)2)38-12-27(29,30)23(33-21)14-3-4-14/h5-6,9-10,13-16,23,33,36H,3-4,7-8,11-12H2,1-2H3,(H,31,32,34)/t13-,15?,16-,23-/m0/s1. The van der Waals surface area contributed by atoms with E-state index in [0.29, 0.717) is 52.0 Å². The highest BCUT2D eigenvalue weighted by Crippen LogP contribution is 2.46. The van der Waals surface area contributed by atoms with Gasteiger partial charge in [0.1, 0.15) is 10.8 Å². The van der Waals surface area contributed by atoms with E-state index < -0.39 is 24.1 Å². The van der Waals surface area contributed by atoms with E-state index in [2.05, 4.69) is 22.5 Å². The van der Waals surface area contributed by atoms with Gasteiger partial charge in [-0.15, -0.1) is 0 Å². The number of halogens is 3. The Kier molecular flexibility index (Phi) is 6.22. The monoisotopic (exact) mass is 545 g/mol. The first kappa shape index (κ1) is 25.3. The van der Waals surface area contributed by atoms with Crippen LogP contribution in [0.1, 0.15) is 44.3 Å². The minimum atomic E-state index is -3.11. The summed E-state index contributed by atoms with van der Waals surface area (Å²) in [5, 5.41) is 16.8. The Labute approximate surface area is 223 Å². The Hall–Kier alpha value is -2.98. The second-order valence-corrected chi connectivity index (χ2v) is 11.4. The molecule has 3 aromatic rings. The van der Waals surface area contributed by atoms with Crippen molar-refractivity contribution in [2.45, 2.75) is 50.5 Å². The number of ether oxygens (including phenoxy) is 1. The van der Waals surface area contributed by atoms with Crippen LogP contribution in [0.4, 0.5) is 26.0 Å². The number of rotatable bonds is 5. The Morgan fingerprint density at radius 2 is 2.11 bits per heavy atom. The molecule has 2 aromatic heterocycles. The molecule has 0 saturated heterocycles. The van der Waals surface area contributed by atoms with Crippen molar-refractivity contribution in [3.05, 3.63) is 45.6 Å². The first-order valence-electron chi connectivity index (χ1n) is 13.0. The normalized spacial score (nSPS) is 26.4. The number of nitrogens with one attached hydrogen (secondary N) is 2. The van der Waals surface area contributed by atoms with Crippen LogP contribution >= 0.6 is 11.6 Å². The minimum absolute atomic E-state index is 0.101. The predicted octanol–water partition coefficient (Wildman–Crippen LogP) is 5.07. The fraction of sp³-hybridized carbons (Fsp3) is 0.519. The number of aliphatic hydroxyl groups excluding tert-OH is 1. The summed E-state index contributed by atoms with van der Waals surface area (Å²) in [5.41, 5.74) is 1.02. The van der Waals surface area contributed by atoms with Gasteiger partial charge in [0, 0.05) is 30.6 Å². The molecular weight excluding hydrogens is 516 g/mol. The summed E-state index contributed by atoms with van der Waals surface area (Å²) in [6, 6.07) is 4.23. The largest absolute Gasteiger partial charge is 0.480 e. The van der Waals surface area contributed by atoms with Crippen molar-refractivity contribution in [3.63, 3.8) is 0 Å². The summed E-state index contributed by atoms with van der Waals surface area (Å²) in [7, 11) is 1.60. The molecule has 202 valence electrons. The SMILES string of the molecule is C[C@H]1CC(c2ncc(Cl)c(Nc3ccc4c(c3)c3c(c(=O)n4C)OCC(F)(F)[C@H](C4CC4)N3)n2)C[C@H]1CO. The van der Waals surface area contributed by atoms with Crippen molar-refractivity contribution in [1.82, 2.24) is 14.5 Å². The number of fused-ring (bicyclic) bond motifs is 3. The molecule has 3 heterocycles. The first-order chi connectivity index (χ1) is 18.2. The third kappa shape index (κ3) is 4.37. The van der Waals surface area contributed by atoms with E-state index >= 15 is 0 Å². The van der Waals surface area contributed by atoms with E-state index in [1.165, 1.54) is 4.57 Å². The van der Waals surface area contributed by atoms with Crippen LogP contribution in [-0.2, 0) is 7.05 Å². The second kappa shape index (κ2) is 9.34. The highest BCUT2D eigenvalue weighted by molar-refractivity contribution is 6.32. The lowest BCUT2D eigenvalue weighted by Gasteiger charge is -2.25. The predicted molar refractivity (Wildman–Crippen MR) is 142 cm³/mol. The van der Waals surface area contributed by atoms with Crippen LogP contribution in [0.2, 0.25) is 5.02 Å². The van der Waals surface area contributed by atoms with Gasteiger partial charge in [0.25, 0.3) is 5.56 Å². The number of anilines is 3. The molecule has 11 heteroatoms. The maximum absolute atomic E-state index is 14.9. The zero-order valence-corrected chi connectivity index (χ0v) is 21.9. The quantitative estimate of drug-likeness (QED) is 0.411. The van der Waals surface area contributed by atoms with Crippen LogP contribution in [0.15, 0.2) is 29.2 Å². The Morgan fingerprint density at radius 1 is 1.32 bits per heavy atom. The fourth-order valence-electron chi connectivity index (χ4n) is 5.89.